The van der Waals surface area contributed by atoms with Crippen molar-refractivity contribution in [2.75, 3.05) is 0 Å². The molecule has 1 fully saturated rings. The number of phenolic OH excluding ortho intramolecular Hbond substituents is 1. The van der Waals surface area contributed by atoms with Crippen LogP contribution in [0.4, 0.5) is 0 Å². The molecule has 1 aliphatic carbocycles. The molecule has 5 heteroatoms. The Hall–Kier alpha value is -2.43. The van der Waals surface area contributed by atoms with Crippen LogP contribution < -0.4 is 0 Å². The molecule has 0 bridgehead atoms. The highest BCUT2D eigenvalue weighted by molar-refractivity contribution is 6.08. The van der Waals surface area contributed by atoms with Crippen LogP contribution in [0.2, 0.25) is 0 Å². The van der Waals surface area contributed by atoms with Crippen molar-refractivity contribution in [3.05, 3.63) is 29.2 Å². The van der Waals surface area contributed by atoms with Gasteiger partial charge in [0.25, 0.3) is 0 Å². The molecular weight excluding hydrogens is 296 g/mol. The van der Waals surface area contributed by atoms with Gasteiger partial charge in [0.05, 0.1) is 10.8 Å². The van der Waals surface area contributed by atoms with Gasteiger partial charge in [-0.3, -0.25) is 4.79 Å². The molecule has 0 amide bonds. The van der Waals surface area contributed by atoms with E-state index in [1.165, 1.54) is 0 Å². The molecule has 0 spiro atoms. The Kier molecular flexibility index (Phi) is 2.80. The third-order valence-corrected chi connectivity index (χ3v) is 5.02. The molecule has 4 rings (SSSR count). The Morgan fingerprint density at radius 2 is 1.61 bits per heavy atom. The highest BCUT2D eigenvalue weighted by Crippen LogP contribution is 2.50. The number of hydrogen-bond acceptors (Lipinski definition) is 4. The van der Waals surface area contributed by atoms with Gasteiger partial charge in [-0.25, -0.2) is 0 Å². The van der Waals surface area contributed by atoms with Crippen LogP contribution in [-0.4, -0.2) is 16.2 Å². The van der Waals surface area contributed by atoms with E-state index in [-0.39, 0.29) is 5.75 Å². The molecule has 0 atom stereocenters. The van der Waals surface area contributed by atoms with Crippen LogP contribution in [0.1, 0.15) is 42.8 Å². The molecule has 2 aromatic heterocycles. The molecule has 2 heterocycles. The number of fused-ring (bicyclic) bond motifs is 2. The predicted molar refractivity (Wildman–Crippen MR) is 84.9 cm³/mol. The minimum atomic E-state index is -0.981. The predicted octanol–water partition coefficient (Wildman–Crippen LogP) is 4.40. The molecular formula is C18H18O5. The summed E-state index contributed by atoms with van der Waals surface area (Å²) in [6.45, 7) is 3.58. The number of phenols is 1. The summed E-state index contributed by atoms with van der Waals surface area (Å²) >= 11 is 0. The number of aromatic hydroxyl groups is 1. The first-order chi connectivity index (χ1) is 10.9. The van der Waals surface area contributed by atoms with Gasteiger partial charge in [0.1, 0.15) is 17.1 Å². The van der Waals surface area contributed by atoms with Gasteiger partial charge in [-0.2, -0.15) is 0 Å². The maximum atomic E-state index is 12.2. The van der Waals surface area contributed by atoms with Crippen molar-refractivity contribution in [2.24, 2.45) is 0 Å². The Labute approximate surface area is 132 Å². The summed E-state index contributed by atoms with van der Waals surface area (Å²) in [4.78, 5) is 12.2. The minimum Gasteiger partial charge on any atom is -0.504 e. The smallest absolute Gasteiger partial charge is 0.314 e. The summed E-state index contributed by atoms with van der Waals surface area (Å²) in [5.41, 5.74) is 0.483. The van der Waals surface area contributed by atoms with Crippen LogP contribution in [0.3, 0.4) is 0 Å². The van der Waals surface area contributed by atoms with E-state index in [0.717, 1.165) is 12.8 Å². The second kappa shape index (κ2) is 4.54. The lowest BCUT2D eigenvalue weighted by Gasteiger charge is -2.25. The molecule has 0 aliphatic heterocycles. The number of aliphatic carboxylic acids is 1. The summed E-state index contributed by atoms with van der Waals surface area (Å²) < 4.78 is 11.5. The average molecular weight is 314 g/mol. The van der Waals surface area contributed by atoms with Crippen molar-refractivity contribution in [1.82, 2.24) is 0 Å². The first-order valence-electron chi connectivity index (χ1n) is 7.83. The van der Waals surface area contributed by atoms with E-state index in [2.05, 4.69) is 0 Å². The Bertz CT molecular complexity index is 880. The topological polar surface area (TPSA) is 83.8 Å². The standard InChI is InChI=1S/C18H18O5/c1-9-7-11-13(18(17(20)21)5-3-4-6-18)15-12(8-10(2)22-15)14(19)16(11)23-9/h7-8,19H,3-6H2,1-2H3,(H,20,21). The highest BCUT2D eigenvalue weighted by Gasteiger charge is 2.46. The summed E-state index contributed by atoms with van der Waals surface area (Å²) in [7, 11) is 0. The highest BCUT2D eigenvalue weighted by atomic mass is 16.4. The fourth-order valence-electron chi connectivity index (χ4n) is 4.02. The van der Waals surface area contributed by atoms with Gasteiger partial charge < -0.3 is 19.0 Å². The van der Waals surface area contributed by atoms with Crippen molar-refractivity contribution in [1.29, 1.82) is 0 Å². The molecule has 2 N–H and O–H groups in total. The normalized spacial score (nSPS) is 17.3. The second-order valence-electron chi connectivity index (χ2n) is 6.52. The van der Waals surface area contributed by atoms with Crippen molar-refractivity contribution < 1.29 is 23.8 Å². The zero-order valence-electron chi connectivity index (χ0n) is 13.1. The second-order valence-corrected chi connectivity index (χ2v) is 6.52. The summed E-state index contributed by atoms with van der Waals surface area (Å²) in [5, 5.41) is 21.7. The Morgan fingerprint density at radius 3 is 2.22 bits per heavy atom. The van der Waals surface area contributed by atoms with E-state index in [4.69, 9.17) is 8.83 Å². The average Bonchev–Trinajstić information content (AvgIpc) is 3.18. The Morgan fingerprint density at radius 1 is 1.04 bits per heavy atom. The van der Waals surface area contributed by atoms with Gasteiger partial charge in [0.15, 0.2) is 11.3 Å². The maximum Gasteiger partial charge on any atom is 0.314 e. The van der Waals surface area contributed by atoms with Crippen LogP contribution in [0.15, 0.2) is 21.0 Å². The lowest BCUT2D eigenvalue weighted by molar-refractivity contribution is -0.143. The Balaban J connectivity index is 2.22. The zero-order valence-corrected chi connectivity index (χ0v) is 13.1. The molecule has 23 heavy (non-hydrogen) atoms. The number of aryl methyl sites for hydroxylation is 2. The number of furan rings is 2. The molecule has 1 aliphatic rings. The number of rotatable bonds is 2. The number of carbonyl (C=O) groups is 1. The van der Waals surface area contributed by atoms with Crippen LogP contribution >= 0.6 is 0 Å². The number of carboxylic acids is 1. The first kappa shape index (κ1) is 14.2. The van der Waals surface area contributed by atoms with E-state index in [9.17, 15) is 15.0 Å². The van der Waals surface area contributed by atoms with Gasteiger partial charge in [-0.1, -0.05) is 12.8 Å². The fourth-order valence-corrected chi connectivity index (χ4v) is 4.02. The number of benzene rings is 1. The molecule has 0 unspecified atom stereocenters. The summed E-state index contributed by atoms with van der Waals surface area (Å²) in [6.07, 6.45) is 2.88. The van der Waals surface area contributed by atoms with Gasteiger partial charge in [0.2, 0.25) is 0 Å². The number of carboxylic acid groups (broad SMARTS) is 1. The van der Waals surface area contributed by atoms with Crippen molar-refractivity contribution in [3.8, 4) is 5.75 Å². The van der Waals surface area contributed by atoms with Crippen molar-refractivity contribution in [3.63, 3.8) is 0 Å². The molecule has 1 saturated carbocycles. The largest absolute Gasteiger partial charge is 0.504 e. The molecule has 3 aromatic rings. The third-order valence-electron chi connectivity index (χ3n) is 5.02. The van der Waals surface area contributed by atoms with Crippen molar-refractivity contribution in [2.45, 2.75) is 44.9 Å². The van der Waals surface area contributed by atoms with E-state index < -0.39 is 11.4 Å². The molecule has 5 nitrogen and oxygen atoms in total. The third kappa shape index (κ3) is 1.76. The SMILES string of the molecule is Cc1cc2c(C3(C(=O)O)CCCC3)c3oc(C)cc3c(O)c2o1. The zero-order chi connectivity index (χ0) is 16.4. The fraction of sp³-hybridized carbons (Fsp3) is 0.389. The molecule has 1 aromatic carbocycles. The van der Waals surface area contributed by atoms with Crippen molar-refractivity contribution >= 4 is 27.9 Å². The van der Waals surface area contributed by atoms with Crippen LogP contribution in [0.5, 0.6) is 5.75 Å². The monoisotopic (exact) mass is 314 g/mol. The van der Waals surface area contributed by atoms with Gasteiger partial charge in [-0.05, 0) is 38.8 Å². The quantitative estimate of drug-likeness (QED) is 0.732. The molecule has 0 saturated heterocycles. The minimum absolute atomic E-state index is 0.0160. The summed E-state index contributed by atoms with van der Waals surface area (Å²) in [5.74, 6) is 0.456. The van der Waals surface area contributed by atoms with Gasteiger partial charge in [0, 0.05) is 10.9 Å². The first-order valence-corrected chi connectivity index (χ1v) is 7.83. The number of hydrogen-bond donors (Lipinski definition) is 2. The van der Waals surface area contributed by atoms with Crippen LogP contribution in [0, 0.1) is 13.8 Å². The van der Waals surface area contributed by atoms with Gasteiger partial charge >= 0.3 is 5.97 Å². The van der Waals surface area contributed by atoms with E-state index in [0.29, 0.717) is 51.9 Å². The van der Waals surface area contributed by atoms with Crippen LogP contribution in [0.25, 0.3) is 21.9 Å². The van der Waals surface area contributed by atoms with Crippen LogP contribution in [-0.2, 0) is 10.2 Å². The van der Waals surface area contributed by atoms with Gasteiger partial charge in [-0.15, -0.1) is 0 Å². The lowest BCUT2D eigenvalue weighted by Crippen LogP contribution is -2.33. The lowest BCUT2D eigenvalue weighted by atomic mass is 9.76. The summed E-state index contributed by atoms with van der Waals surface area (Å²) in [6, 6.07) is 3.53. The molecule has 0 radical (unpaired) electrons. The van der Waals surface area contributed by atoms with E-state index in [1.54, 1.807) is 26.0 Å². The molecule has 120 valence electrons. The van der Waals surface area contributed by atoms with E-state index in [1.807, 2.05) is 0 Å². The maximum absolute atomic E-state index is 12.2. The van der Waals surface area contributed by atoms with E-state index >= 15 is 0 Å².